The largest absolute Gasteiger partial charge is 0.457 e. The van der Waals surface area contributed by atoms with Crippen LogP contribution in [0, 0.1) is 0 Å². The van der Waals surface area contributed by atoms with Gasteiger partial charge in [0.2, 0.25) is 6.79 Å². The molecule has 0 aromatic heterocycles. The number of rotatable bonds is 6. The molecular formula is C23H21NO4. The number of amides is 1. The normalized spacial score (nSPS) is 11.9. The summed E-state index contributed by atoms with van der Waals surface area (Å²) < 4.78 is 16.7. The fourth-order valence-corrected chi connectivity index (χ4v) is 3.11. The zero-order chi connectivity index (χ0) is 19.3. The van der Waals surface area contributed by atoms with E-state index in [-0.39, 0.29) is 12.7 Å². The van der Waals surface area contributed by atoms with Crippen LogP contribution in [0.2, 0.25) is 0 Å². The van der Waals surface area contributed by atoms with E-state index in [1.54, 1.807) is 11.0 Å². The maximum atomic E-state index is 13.2. The van der Waals surface area contributed by atoms with Crippen molar-refractivity contribution in [3.8, 4) is 23.0 Å². The number of fused-ring (bicyclic) bond motifs is 1. The van der Waals surface area contributed by atoms with E-state index in [1.165, 1.54) is 0 Å². The Morgan fingerprint density at radius 3 is 2.54 bits per heavy atom. The highest BCUT2D eigenvalue weighted by Crippen LogP contribution is 2.33. The third kappa shape index (κ3) is 3.78. The molecule has 3 aromatic rings. The quantitative estimate of drug-likeness (QED) is 0.617. The van der Waals surface area contributed by atoms with E-state index >= 15 is 0 Å². The number of hydrogen-bond acceptors (Lipinski definition) is 4. The van der Waals surface area contributed by atoms with Crippen LogP contribution in [-0.2, 0) is 6.54 Å². The first-order valence-corrected chi connectivity index (χ1v) is 9.24. The summed E-state index contributed by atoms with van der Waals surface area (Å²) in [5, 5.41) is 0. The second-order valence-electron chi connectivity index (χ2n) is 6.42. The summed E-state index contributed by atoms with van der Waals surface area (Å²) >= 11 is 0. The van der Waals surface area contributed by atoms with Crippen molar-refractivity contribution in [1.29, 1.82) is 0 Å². The van der Waals surface area contributed by atoms with Crippen LogP contribution in [0.5, 0.6) is 23.0 Å². The Hall–Kier alpha value is -3.47. The van der Waals surface area contributed by atoms with Crippen LogP contribution in [0.3, 0.4) is 0 Å². The number of nitrogens with zero attached hydrogens (tertiary/aromatic N) is 1. The summed E-state index contributed by atoms with van der Waals surface area (Å²) in [6.07, 6.45) is 0. The van der Waals surface area contributed by atoms with E-state index in [9.17, 15) is 4.79 Å². The number of carbonyl (C=O) groups is 1. The van der Waals surface area contributed by atoms with Crippen molar-refractivity contribution in [2.24, 2.45) is 0 Å². The molecule has 0 bridgehead atoms. The van der Waals surface area contributed by atoms with Crippen molar-refractivity contribution in [1.82, 2.24) is 4.90 Å². The topological polar surface area (TPSA) is 48.0 Å². The van der Waals surface area contributed by atoms with Gasteiger partial charge in [0.05, 0.1) is 5.56 Å². The van der Waals surface area contributed by atoms with Gasteiger partial charge in [0.25, 0.3) is 5.91 Å². The maximum absolute atomic E-state index is 13.2. The molecule has 0 fully saturated rings. The van der Waals surface area contributed by atoms with E-state index in [0.717, 1.165) is 11.3 Å². The van der Waals surface area contributed by atoms with Crippen LogP contribution in [0.1, 0.15) is 22.8 Å². The molecule has 0 saturated carbocycles. The molecule has 0 unspecified atom stereocenters. The summed E-state index contributed by atoms with van der Waals surface area (Å²) in [7, 11) is 0. The monoisotopic (exact) mass is 375 g/mol. The number of carbonyl (C=O) groups excluding carboxylic acids is 1. The number of hydrogen-bond donors (Lipinski definition) is 0. The fourth-order valence-electron chi connectivity index (χ4n) is 3.11. The Bertz CT molecular complexity index is 971. The van der Waals surface area contributed by atoms with Crippen LogP contribution in [0.4, 0.5) is 0 Å². The molecule has 0 spiro atoms. The van der Waals surface area contributed by atoms with E-state index in [4.69, 9.17) is 14.2 Å². The summed E-state index contributed by atoms with van der Waals surface area (Å²) in [4.78, 5) is 15.0. The first kappa shape index (κ1) is 17.9. The average Bonchev–Trinajstić information content (AvgIpc) is 3.20. The Morgan fingerprint density at radius 1 is 0.964 bits per heavy atom. The van der Waals surface area contributed by atoms with Crippen molar-refractivity contribution < 1.29 is 19.0 Å². The Balaban J connectivity index is 1.55. The third-order valence-electron chi connectivity index (χ3n) is 4.57. The molecule has 0 radical (unpaired) electrons. The van der Waals surface area contributed by atoms with E-state index in [1.807, 2.05) is 73.7 Å². The molecule has 5 nitrogen and oxygen atoms in total. The van der Waals surface area contributed by atoms with E-state index in [2.05, 4.69) is 0 Å². The molecule has 1 aliphatic heterocycles. The second-order valence-corrected chi connectivity index (χ2v) is 6.42. The zero-order valence-corrected chi connectivity index (χ0v) is 15.6. The van der Waals surface area contributed by atoms with Crippen LogP contribution >= 0.6 is 0 Å². The number of benzene rings is 3. The van der Waals surface area contributed by atoms with E-state index < -0.39 is 0 Å². The Labute approximate surface area is 164 Å². The van der Waals surface area contributed by atoms with Crippen molar-refractivity contribution in [3.05, 3.63) is 83.9 Å². The van der Waals surface area contributed by atoms with Crippen molar-refractivity contribution in [3.63, 3.8) is 0 Å². The van der Waals surface area contributed by atoms with Gasteiger partial charge in [-0.05, 0) is 48.9 Å². The van der Waals surface area contributed by atoms with Gasteiger partial charge in [-0.2, -0.15) is 0 Å². The molecule has 0 aliphatic carbocycles. The molecule has 1 amide bonds. The lowest BCUT2D eigenvalue weighted by Gasteiger charge is -2.22. The first-order chi connectivity index (χ1) is 13.7. The highest BCUT2D eigenvalue weighted by molar-refractivity contribution is 5.97. The minimum absolute atomic E-state index is 0.0771. The Morgan fingerprint density at radius 2 is 1.71 bits per heavy atom. The molecule has 5 heteroatoms. The van der Waals surface area contributed by atoms with Gasteiger partial charge >= 0.3 is 0 Å². The molecule has 0 atom stereocenters. The van der Waals surface area contributed by atoms with Crippen LogP contribution in [0.25, 0.3) is 0 Å². The SMILES string of the molecule is CCN(Cc1ccc2c(c1)OCO2)C(=O)c1ccccc1Oc1ccccc1. The molecule has 3 aromatic carbocycles. The van der Waals surface area contributed by atoms with Gasteiger partial charge in [-0.1, -0.05) is 36.4 Å². The molecule has 0 N–H and O–H groups in total. The van der Waals surface area contributed by atoms with Gasteiger partial charge < -0.3 is 19.1 Å². The minimum atomic E-state index is -0.0771. The Kier molecular flexibility index (Phi) is 5.15. The molecule has 0 saturated heterocycles. The minimum Gasteiger partial charge on any atom is -0.457 e. The first-order valence-electron chi connectivity index (χ1n) is 9.24. The summed E-state index contributed by atoms with van der Waals surface area (Å²) in [6, 6.07) is 22.5. The fraction of sp³-hybridized carbons (Fsp3) is 0.174. The van der Waals surface area contributed by atoms with Crippen LogP contribution < -0.4 is 14.2 Å². The highest BCUT2D eigenvalue weighted by Gasteiger charge is 2.20. The zero-order valence-electron chi connectivity index (χ0n) is 15.6. The van der Waals surface area contributed by atoms with Gasteiger partial charge in [0.15, 0.2) is 11.5 Å². The molecule has 1 heterocycles. The van der Waals surface area contributed by atoms with Gasteiger partial charge in [-0.3, -0.25) is 4.79 Å². The lowest BCUT2D eigenvalue weighted by atomic mass is 10.1. The number of para-hydroxylation sites is 2. The third-order valence-corrected chi connectivity index (χ3v) is 4.57. The maximum Gasteiger partial charge on any atom is 0.257 e. The number of ether oxygens (including phenoxy) is 3. The summed E-state index contributed by atoms with van der Waals surface area (Å²) in [5.41, 5.74) is 1.52. The molecule has 1 aliphatic rings. The van der Waals surface area contributed by atoms with Gasteiger partial charge in [0, 0.05) is 13.1 Å². The van der Waals surface area contributed by atoms with Crippen LogP contribution in [-0.4, -0.2) is 24.1 Å². The lowest BCUT2D eigenvalue weighted by molar-refractivity contribution is 0.0750. The predicted octanol–water partition coefficient (Wildman–Crippen LogP) is 4.87. The van der Waals surface area contributed by atoms with Gasteiger partial charge in [-0.25, -0.2) is 0 Å². The van der Waals surface area contributed by atoms with Gasteiger partial charge in [-0.15, -0.1) is 0 Å². The smallest absolute Gasteiger partial charge is 0.257 e. The second kappa shape index (κ2) is 8.05. The molecule has 142 valence electrons. The van der Waals surface area contributed by atoms with Crippen molar-refractivity contribution in [2.75, 3.05) is 13.3 Å². The predicted molar refractivity (Wildman–Crippen MR) is 106 cm³/mol. The molecule has 28 heavy (non-hydrogen) atoms. The average molecular weight is 375 g/mol. The van der Waals surface area contributed by atoms with Crippen molar-refractivity contribution in [2.45, 2.75) is 13.5 Å². The summed E-state index contributed by atoms with van der Waals surface area (Å²) in [5.74, 6) is 2.62. The van der Waals surface area contributed by atoms with Crippen LogP contribution in [0.15, 0.2) is 72.8 Å². The molecular weight excluding hydrogens is 354 g/mol. The molecule has 4 rings (SSSR count). The summed E-state index contributed by atoms with van der Waals surface area (Å²) in [6.45, 7) is 3.25. The highest BCUT2D eigenvalue weighted by atomic mass is 16.7. The van der Waals surface area contributed by atoms with E-state index in [0.29, 0.717) is 35.9 Å². The van der Waals surface area contributed by atoms with Crippen molar-refractivity contribution >= 4 is 5.91 Å². The lowest BCUT2D eigenvalue weighted by Crippen LogP contribution is -2.30. The van der Waals surface area contributed by atoms with Gasteiger partial charge in [0.1, 0.15) is 11.5 Å². The standard InChI is InChI=1S/C23H21NO4/c1-2-24(15-17-12-13-21-22(14-17)27-16-26-21)23(25)19-10-6-7-11-20(19)28-18-8-4-3-5-9-18/h3-14H,2,15-16H2,1H3.